The lowest BCUT2D eigenvalue weighted by Gasteiger charge is -2.10. The highest BCUT2D eigenvalue weighted by atomic mass is 32.2. The van der Waals surface area contributed by atoms with Crippen LogP contribution in [0.2, 0.25) is 0 Å². The summed E-state index contributed by atoms with van der Waals surface area (Å²) in [6.07, 6.45) is 0. The molecule has 12 rings (SSSR count). The fourth-order valence-electron chi connectivity index (χ4n) is 5.47. The van der Waals surface area contributed by atoms with Gasteiger partial charge in [-0.05, 0) is 86.0 Å². The summed E-state index contributed by atoms with van der Waals surface area (Å²) < 4.78 is 12.1. The second kappa shape index (κ2) is 14.8. The summed E-state index contributed by atoms with van der Waals surface area (Å²) in [7, 11) is 0. The minimum absolute atomic E-state index is 0.542. The van der Waals surface area contributed by atoms with Crippen LogP contribution < -0.4 is 9.47 Å². The number of rotatable bonds is 0. The zero-order chi connectivity index (χ0) is 31.0. The van der Waals surface area contributed by atoms with Gasteiger partial charge in [-0.15, -0.1) is 0 Å². The van der Waals surface area contributed by atoms with E-state index in [2.05, 4.69) is 146 Å². The first kappa shape index (κ1) is 30.3. The predicted molar refractivity (Wildman–Crippen MR) is 195 cm³/mol. The van der Waals surface area contributed by atoms with Crippen LogP contribution in [0.3, 0.4) is 0 Å². The molecule has 0 unspecified atom stereocenters. The van der Waals surface area contributed by atoms with Gasteiger partial charge < -0.3 is 9.47 Å². The molecule has 6 aliphatic heterocycles. The van der Waals surface area contributed by atoms with E-state index < -0.39 is 0 Å². The summed E-state index contributed by atoms with van der Waals surface area (Å²) in [6.45, 7) is 1.08. The van der Waals surface area contributed by atoms with Crippen molar-refractivity contribution in [1.29, 1.82) is 0 Å². The number of hydrogen-bond acceptors (Lipinski definition) is 4. The van der Waals surface area contributed by atoms with Crippen LogP contribution in [0.15, 0.2) is 146 Å². The van der Waals surface area contributed by atoms with Crippen LogP contribution in [0, 0.1) is 0 Å². The summed E-state index contributed by atoms with van der Waals surface area (Å²) in [5, 5.41) is 0. The first-order chi connectivity index (χ1) is 22.7. The Balaban J connectivity index is 1.07. The third-order valence-corrected chi connectivity index (χ3v) is 10.3. The molecular formula is C42H36O2S2. The molecule has 6 heterocycles. The van der Waals surface area contributed by atoms with Gasteiger partial charge in [-0.3, -0.25) is 0 Å². The maximum absolute atomic E-state index is 6.07. The third kappa shape index (κ3) is 8.06. The van der Waals surface area contributed by atoms with Crippen molar-refractivity contribution in [3.05, 3.63) is 179 Å². The molecule has 0 atom stereocenters. The number of hydrogen-bond donors (Lipinski definition) is 0. The second-order valence-corrected chi connectivity index (χ2v) is 13.6. The lowest BCUT2D eigenvalue weighted by molar-refractivity contribution is 0.302. The molecule has 0 saturated heterocycles. The Labute approximate surface area is 280 Å². The van der Waals surface area contributed by atoms with E-state index in [1.54, 1.807) is 0 Å². The molecule has 6 aromatic carbocycles. The van der Waals surface area contributed by atoms with Gasteiger partial charge in [-0.25, -0.2) is 0 Å². The SMILES string of the molecule is c1cc2cc(c1)-c1ccc(cc1)CSCc1ccc(cc1)OCc1ccc(cc1)COc1ccc(cc1)CSCc1ccc-2cc1. The number of ether oxygens (including phenoxy) is 2. The van der Waals surface area contributed by atoms with Crippen LogP contribution in [-0.4, -0.2) is 0 Å². The molecule has 6 aromatic rings. The summed E-state index contributed by atoms with van der Waals surface area (Å²) in [5.41, 5.74) is 12.6. The Hall–Kier alpha value is -4.38. The van der Waals surface area contributed by atoms with Gasteiger partial charge in [0.25, 0.3) is 0 Å². The highest BCUT2D eigenvalue weighted by Gasteiger charge is 2.06. The first-order valence-corrected chi connectivity index (χ1v) is 18.0. The van der Waals surface area contributed by atoms with Crippen LogP contribution in [-0.2, 0) is 36.2 Å². The smallest absolute Gasteiger partial charge is 0.119 e. The normalized spacial score (nSPS) is 13.7. The molecule has 0 amide bonds. The third-order valence-electron chi connectivity index (χ3n) is 8.19. The Kier molecular flexibility index (Phi) is 9.75. The predicted octanol–water partition coefficient (Wildman–Crippen LogP) is 11.4. The van der Waals surface area contributed by atoms with E-state index in [1.807, 2.05) is 23.5 Å². The van der Waals surface area contributed by atoms with E-state index in [-0.39, 0.29) is 0 Å². The summed E-state index contributed by atoms with van der Waals surface area (Å²) in [5.74, 6) is 5.68. The molecule has 2 nitrogen and oxygen atoms in total. The fourth-order valence-corrected chi connectivity index (χ4v) is 7.38. The largest absolute Gasteiger partial charge is 0.489 e. The summed E-state index contributed by atoms with van der Waals surface area (Å²) >= 11 is 3.87. The van der Waals surface area contributed by atoms with Crippen LogP contribution >= 0.6 is 23.5 Å². The van der Waals surface area contributed by atoms with Gasteiger partial charge in [0.05, 0.1) is 0 Å². The molecule has 0 radical (unpaired) electrons. The van der Waals surface area contributed by atoms with Crippen molar-refractivity contribution in [3.8, 4) is 33.8 Å². The Morgan fingerprint density at radius 1 is 0.326 bits per heavy atom. The van der Waals surface area contributed by atoms with Crippen LogP contribution in [0.5, 0.6) is 11.5 Å². The van der Waals surface area contributed by atoms with Crippen molar-refractivity contribution >= 4 is 23.5 Å². The van der Waals surface area contributed by atoms with E-state index in [0.717, 1.165) is 45.6 Å². The highest BCUT2D eigenvalue weighted by Crippen LogP contribution is 2.29. The molecule has 0 spiro atoms. The topological polar surface area (TPSA) is 18.5 Å². The number of benzene rings is 6. The van der Waals surface area contributed by atoms with E-state index in [4.69, 9.17) is 9.47 Å². The van der Waals surface area contributed by atoms with Crippen LogP contribution in [0.1, 0.15) is 33.4 Å². The molecule has 228 valence electrons. The molecule has 0 N–H and O–H groups in total. The van der Waals surface area contributed by atoms with Gasteiger partial charge in [0, 0.05) is 23.0 Å². The quantitative estimate of drug-likeness (QED) is 0.165. The standard InChI is InChI=1S/C42H36O2S2/c1-2-39-24-40(3-1)38-18-10-34(11-19-38)28-46-30-36-14-22-42(23-15-36)44-26-32-6-4-31(5-7-32)25-43-41-20-12-35(13-21-41)29-45-27-33-8-16-37(39)17-9-33/h1-24H,25-30H2. The zero-order valence-electron chi connectivity index (χ0n) is 25.7. The van der Waals surface area contributed by atoms with E-state index in [1.165, 1.54) is 44.5 Å². The molecule has 6 aliphatic rings. The van der Waals surface area contributed by atoms with Crippen LogP contribution in [0.25, 0.3) is 22.3 Å². The monoisotopic (exact) mass is 636 g/mol. The second-order valence-electron chi connectivity index (χ2n) is 11.6. The molecule has 0 aromatic heterocycles. The summed E-state index contributed by atoms with van der Waals surface area (Å²) in [4.78, 5) is 0. The lowest BCUT2D eigenvalue weighted by atomic mass is 9.98. The van der Waals surface area contributed by atoms with Crippen molar-refractivity contribution in [2.45, 2.75) is 36.2 Å². The van der Waals surface area contributed by atoms with Crippen molar-refractivity contribution in [2.24, 2.45) is 0 Å². The number of fused-ring (bicyclic) bond motifs is 5. The van der Waals surface area contributed by atoms with Gasteiger partial charge >= 0.3 is 0 Å². The first-order valence-electron chi connectivity index (χ1n) is 15.7. The Morgan fingerprint density at radius 3 is 1.02 bits per heavy atom. The van der Waals surface area contributed by atoms with Crippen molar-refractivity contribution < 1.29 is 9.47 Å². The molecule has 0 fully saturated rings. The lowest BCUT2D eigenvalue weighted by Crippen LogP contribution is -1.98. The molecule has 46 heavy (non-hydrogen) atoms. The molecule has 0 aliphatic carbocycles. The molecule has 12 bridgehead atoms. The van der Waals surface area contributed by atoms with Gasteiger partial charge in [0.2, 0.25) is 0 Å². The van der Waals surface area contributed by atoms with E-state index >= 15 is 0 Å². The van der Waals surface area contributed by atoms with Gasteiger partial charge in [0.15, 0.2) is 0 Å². The van der Waals surface area contributed by atoms with Gasteiger partial charge in [-0.1, -0.05) is 115 Å². The average Bonchev–Trinajstić information content (AvgIpc) is 3.12. The van der Waals surface area contributed by atoms with Crippen LogP contribution in [0.4, 0.5) is 0 Å². The molecule has 0 saturated carbocycles. The average molecular weight is 637 g/mol. The van der Waals surface area contributed by atoms with Crippen molar-refractivity contribution in [2.75, 3.05) is 0 Å². The summed E-state index contributed by atoms with van der Waals surface area (Å²) in [6, 6.07) is 52.3. The van der Waals surface area contributed by atoms with Crippen molar-refractivity contribution in [1.82, 2.24) is 0 Å². The van der Waals surface area contributed by atoms with Crippen molar-refractivity contribution in [3.63, 3.8) is 0 Å². The fraction of sp³-hybridized carbons (Fsp3) is 0.143. The minimum Gasteiger partial charge on any atom is -0.489 e. The van der Waals surface area contributed by atoms with Gasteiger partial charge in [-0.2, -0.15) is 23.5 Å². The zero-order valence-corrected chi connectivity index (χ0v) is 27.4. The van der Waals surface area contributed by atoms with Gasteiger partial charge in [0.1, 0.15) is 24.7 Å². The maximum atomic E-state index is 6.07. The maximum Gasteiger partial charge on any atom is 0.119 e. The number of thioether (sulfide) groups is 2. The van der Waals surface area contributed by atoms with E-state index in [0.29, 0.717) is 13.2 Å². The Morgan fingerprint density at radius 2 is 0.652 bits per heavy atom. The van der Waals surface area contributed by atoms with E-state index in [9.17, 15) is 0 Å². The Bertz CT molecular complexity index is 1710. The molecular weight excluding hydrogens is 601 g/mol. The molecule has 4 heteroatoms. The minimum atomic E-state index is 0.542. The highest BCUT2D eigenvalue weighted by molar-refractivity contribution is 7.97.